The topological polar surface area (TPSA) is 52.6 Å². The van der Waals surface area contributed by atoms with Crippen LogP contribution in [0.5, 0.6) is 0 Å². The normalized spacial score (nSPS) is 14.1. The predicted molar refractivity (Wildman–Crippen MR) is 84.0 cm³/mol. The Bertz CT molecular complexity index is 389. The van der Waals surface area contributed by atoms with Crippen molar-refractivity contribution in [2.45, 2.75) is 45.8 Å². The zero-order valence-electron chi connectivity index (χ0n) is 12.8. The average Bonchev–Trinajstić information content (AvgIpc) is 2.91. The van der Waals surface area contributed by atoms with E-state index in [4.69, 9.17) is 0 Å². The summed E-state index contributed by atoms with van der Waals surface area (Å²) < 4.78 is 0. The summed E-state index contributed by atoms with van der Waals surface area (Å²) in [7, 11) is 1.71. The van der Waals surface area contributed by atoms with E-state index < -0.39 is 6.10 Å². The number of hydrogen-bond acceptors (Lipinski definition) is 3. The van der Waals surface area contributed by atoms with Crippen molar-refractivity contribution >= 4 is 17.4 Å². The van der Waals surface area contributed by atoms with Gasteiger partial charge in [0, 0.05) is 18.5 Å². The second-order valence-corrected chi connectivity index (χ2v) is 6.23. The summed E-state index contributed by atoms with van der Waals surface area (Å²) in [4.78, 5) is 15.0. The Hall–Kier alpha value is -1.07. The molecule has 0 fully saturated rings. The van der Waals surface area contributed by atoms with Crippen molar-refractivity contribution in [3.63, 3.8) is 0 Å². The molecule has 0 aliphatic heterocycles. The number of carbonyl (C=O) groups excluding carboxylic acids is 1. The van der Waals surface area contributed by atoms with Crippen molar-refractivity contribution in [1.29, 1.82) is 0 Å². The highest BCUT2D eigenvalue weighted by molar-refractivity contribution is 7.10. The summed E-state index contributed by atoms with van der Waals surface area (Å²) in [5.41, 5.74) is 0. The molecule has 4 nitrogen and oxygen atoms in total. The van der Waals surface area contributed by atoms with Crippen molar-refractivity contribution < 1.29 is 9.90 Å². The number of amides is 2. The van der Waals surface area contributed by atoms with Gasteiger partial charge in [-0.2, -0.15) is 0 Å². The van der Waals surface area contributed by atoms with Gasteiger partial charge in [-0.25, -0.2) is 4.79 Å². The van der Waals surface area contributed by atoms with E-state index in [1.165, 1.54) is 9.78 Å². The van der Waals surface area contributed by atoms with E-state index in [9.17, 15) is 9.90 Å². The van der Waals surface area contributed by atoms with Gasteiger partial charge in [0.25, 0.3) is 0 Å². The Kier molecular flexibility index (Phi) is 7.02. The van der Waals surface area contributed by atoms with E-state index in [0.29, 0.717) is 12.5 Å². The summed E-state index contributed by atoms with van der Waals surface area (Å²) in [5, 5.41) is 14.5. The minimum atomic E-state index is -0.515. The Morgan fingerprint density at radius 1 is 1.45 bits per heavy atom. The van der Waals surface area contributed by atoms with Gasteiger partial charge in [-0.3, -0.25) is 0 Å². The lowest BCUT2D eigenvalue weighted by molar-refractivity contribution is 0.140. The Balaban J connectivity index is 2.77. The zero-order chi connectivity index (χ0) is 15.1. The van der Waals surface area contributed by atoms with Gasteiger partial charge in [-0.1, -0.05) is 32.8 Å². The lowest BCUT2D eigenvalue weighted by Crippen LogP contribution is -2.43. The van der Waals surface area contributed by atoms with Crippen LogP contribution in [-0.2, 0) is 0 Å². The smallest absolute Gasteiger partial charge is 0.317 e. The van der Waals surface area contributed by atoms with Crippen molar-refractivity contribution in [3.05, 3.63) is 22.4 Å². The van der Waals surface area contributed by atoms with Gasteiger partial charge in [0.1, 0.15) is 0 Å². The van der Waals surface area contributed by atoms with Crippen LogP contribution < -0.4 is 5.32 Å². The second kappa shape index (κ2) is 8.27. The van der Waals surface area contributed by atoms with Crippen LogP contribution in [0.2, 0.25) is 0 Å². The van der Waals surface area contributed by atoms with Gasteiger partial charge in [0.15, 0.2) is 0 Å². The molecular weight excluding hydrogens is 272 g/mol. The van der Waals surface area contributed by atoms with Crippen LogP contribution in [-0.4, -0.2) is 35.7 Å². The molecule has 0 saturated carbocycles. The second-order valence-electron chi connectivity index (χ2n) is 5.25. The number of aliphatic hydroxyl groups excluding tert-OH is 1. The van der Waals surface area contributed by atoms with Gasteiger partial charge in [0.05, 0.1) is 12.1 Å². The number of hydrogen-bond donors (Lipinski definition) is 2. The number of thiophene rings is 1. The van der Waals surface area contributed by atoms with Crippen LogP contribution in [0.4, 0.5) is 4.79 Å². The minimum absolute atomic E-state index is 0.0500. The highest BCUT2D eigenvalue weighted by Crippen LogP contribution is 2.30. The molecule has 1 aromatic rings. The van der Waals surface area contributed by atoms with Crippen LogP contribution in [0, 0.1) is 5.92 Å². The van der Waals surface area contributed by atoms with Crippen LogP contribution in [0.25, 0.3) is 0 Å². The first-order valence-corrected chi connectivity index (χ1v) is 8.10. The summed E-state index contributed by atoms with van der Waals surface area (Å²) in [5.74, 6) is 0.428. The monoisotopic (exact) mass is 298 g/mol. The maximum atomic E-state index is 12.2. The first-order valence-electron chi connectivity index (χ1n) is 7.22. The van der Waals surface area contributed by atoms with E-state index in [2.05, 4.69) is 25.2 Å². The number of nitrogens with one attached hydrogen (secondary N) is 1. The molecule has 2 amide bonds. The summed E-state index contributed by atoms with van der Waals surface area (Å²) >= 11 is 1.68. The molecule has 0 bridgehead atoms. The predicted octanol–water partition coefficient (Wildman–Crippen LogP) is 3.25. The maximum absolute atomic E-state index is 12.2. The molecule has 20 heavy (non-hydrogen) atoms. The quantitative estimate of drug-likeness (QED) is 0.812. The summed E-state index contributed by atoms with van der Waals surface area (Å²) in [6.45, 7) is 6.33. The van der Waals surface area contributed by atoms with Gasteiger partial charge in [-0.15, -0.1) is 11.3 Å². The summed E-state index contributed by atoms with van der Waals surface area (Å²) in [6, 6.07) is 4.01. The number of urea groups is 1. The molecule has 1 heterocycles. The number of aliphatic hydroxyl groups is 1. The molecule has 2 unspecified atom stereocenters. The van der Waals surface area contributed by atoms with E-state index in [-0.39, 0.29) is 12.1 Å². The molecule has 0 radical (unpaired) electrons. The minimum Gasteiger partial charge on any atom is -0.392 e. The standard InChI is InChI=1S/C15H26N2O2S/c1-5-12(6-2)14(13-8-7-9-20-13)16-15(19)17(4)10-11(3)18/h7-9,11-12,14,18H,5-6,10H2,1-4H3,(H,16,19). The molecule has 0 aliphatic carbocycles. The Morgan fingerprint density at radius 3 is 2.55 bits per heavy atom. The third kappa shape index (κ3) is 4.80. The van der Waals surface area contributed by atoms with Crippen LogP contribution >= 0.6 is 11.3 Å². The van der Waals surface area contributed by atoms with Gasteiger partial charge >= 0.3 is 6.03 Å². The number of nitrogens with zero attached hydrogens (tertiary/aromatic N) is 1. The highest BCUT2D eigenvalue weighted by atomic mass is 32.1. The van der Waals surface area contributed by atoms with Crippen LogP contribution in [0.3, 0.4) is 0 Å². The van der Waals surface area contributed by atoms with Gasteiger partial charge in [0.2, 0.25) is 0 Å². The lowest BCUT2D eigenvalue weighted by Gasteiger charge is -2.28. The first-order chi connectivity index (χ1) is 9.49. The van der Waals surface area contributed by atoms with E-state index in [1.807, 2.05) is 11.4 Å². The summed E-state index contributed by atoms with van der Waals surface area (Å²) in [6.07, 6.45) is 1.54. The molecule has 0 saturated heterocycles. The van der Waals surface area contributed by atoms with Crippen molar-refractivity contribution in [3.8, 4) is 0 Å². The molecule has 5 heteroatoms. The fraction of sp³-hybridized carbons (Fsp3) is 0.667. The van der Waals surface area contributed by atoms with Gasteiger partial charge in [-0.05, 0) is 24.3 Å². The average molecular weight is 298 g/mol. The maximum Gasteiger partial charge on any atom is 0.317 e. The van der Waals surface area contributed by atoms with Crippen molar-refractivity contribution in [2.24, 2.45) is 5.92 Å². The zero-order valence-corrected chi connectivity index (χ0v) is 13.6. The third-order valence-corrected chi connectivity index (χ3v) is 4.49. The molecule has 2 N–H and O–H groups in total. The lowest BCUT2D eigenvalue weighted by atomic mass is 9.93. The van der Waals surface area contributed by atoms with E-state index in [1.54, 1.807) is 25.3 Å². The number of carbonyl (C=O) groups is 1. The first kappa shape index (κ1) is 17.0. The third-order valence-electron chi connectivity index (χ3n) is 3.53. The molecule has 2 atom stereocenters. The van der Waals surface area contributed by atoms with E-state index in [0.717, 1.165) is 12.8 Å². The highest BCUT2D eigenvalue weighted by Gasteiger charge is 2.24. The number of rotatable bonds is 7. The molecule has 0 aliphatic rings. The molecule has 0 spiro atoms. The molecule has 0 aromatic carbocycles. The molecule has 1 aromatic heterocycles. The van der Waals surface area contributed by atoms with Crippen LogP contribution in [0.1, 0.15) is 44.5 Å². The van der Waals surface area contributed by atoms with E-state index >= 15 is 0 Å². The molecule has 114 valence electrons. The Labute approximate surface area is 125 Å². The molecular formula is C15H26N2O2S. The van der Waals surface area contributed by atoms with Crippen LogP contribution in [0.15, 0.2) is 17.5 Å². The fourth-order valence-electron chi connectivity index (χ4n) is 2.37. The fourth-order valence-corrected chi connectivity index (χ4v) is 3.24. The van der Waals surface area contributed by atoms with Crippen molar-refractivity contribution in [2.75, 3.05) is 13.6 Å². The van der Waals surface area contributed by atoms with Gasteiger partial charge < -0.3 is 15.3 Å². The Morgan fingerprint density at radius 2 is 2.10 bits per heavy atom. The molecule has 1 rings (SSSR count). The van der Waals surface area contributed by atoms with Crippen molar-refractivity contribution in [1.82, 2.24) is 10.2 Å². The largest absolute Gasteiger partial charge is 0.392 e. The SMILES string of the molecule is CCC(CC)C(NC(=O)N(C)CC(C)O)c1cccs1. The number of likely N-dealkylation sites (N-methyl/N-ethyl adjacent to an activating group) is 1.